The van der Waals surface area contributed by atoms with Crippen LogP contribution in [-0.2, 0) is 17.4 Å². The summed E-state index contributed by atoms with van der Waals surface area (Å²) in [5.74, 6) is -3.39. The molecule has 0 heterocycles. The van der Waals surface area contributed by atoms with Crippen LogP contribution in [0.1, 0.15) is 31.1 Å². The minimum Gasteiger partial charge on any atom is -0.545 e. The molecule has 0 saturated heterocycles. The molecule has 34 heavy (non-hydrogen) atoms. The molecular weight excluding hydrogens is 472 g/mol. The number of carboxylic acid groups (broad SMARTS) is 3. The fourth-order valence-corrected chi connectivity index (χ4v) is 2.11. The van der Waals surface area contributed by atoms with E-state index in [0.717, 1.165) is 0 Å². The Kier molecular flexibility index (Phi) is 16.1. The molecule has 4 rings (SSSR count). The number of carbonyl (C=O) groups excluding carboxylic acids is 3. The second-order valence-corrected chi connectivity index (χ2v) is 6.12. The molecule has 7 heteroatoms. The maximum atomic E-state index is 10.1. The molecule has 171 valence electrons. The molecule has 0 atom stereocenters. The standard InChI is InChI=1S/3C7H6O2.C6H6.Cr/c3*8-7(9)6-4-2-1-3-5-6;1-2-4-6-5-3-1;/h3*1-5H,(H,8,9);1-6H;/q;;;;+3/p-3. The number of aromatic carboxylic acids is 3. The number of carbonyl (C=O) groups is 3. The van der Waals surface area contributed by atoms with E-state index in [9.17, 15) is 29.7 Å². The Morgan fingerprint density at radius 3 is 0.618 bits per heavy atom. The van der Waals surface area contributed by atoms with E-state index >= 15 is 0 Å². The fraction of sp³-hybridized carbons (Fsp3) is 0. The van der Waals surface area contributed by atoms with Crippen LogP contribution >= 0.6 is 0 Å². The zero-order valence-electron chi connectivity index (χ0n) is 18.0. The monoisotopic (exact) mass is 493 g/mol. The summed E-state index contributed by atoms with van der Waals surface area (Å²) in [4.78, 5) is 30.3. The second kappa shape index (κ2) is 18.4. The van der Waals surface area contributed by atoms with Crippen LogP contribution in [0.3, 0.4) is 0 Å². The van der Waals surface area contributed by atoms with Gasteiger partial charge in [-0.05, 0) is 16.7 Å². The number of benzene rings is 4. The molecule has 0 aliphatic rings. The molecule has 0 aliphatic heterocycles. The number of carboxylic acids is 3. The van der Waals surface area contributed by atoms with E-state index in [2.05, 4.69) is 0 Å². The quantitative estimate of drug-likeness (QED) is 0.430. The van der Waals surface area contributed by atoms with Gasteiger partial charge in [0.25, 0.3) is 0 Å². The van der Waals surface area contributed by atoms with Gasteiger partial charge < -0.3 is 29.7 Å². The van der Waals surface area contributed by atoms with Crippen molar-refractivity contribution in [3.05, 3.63) is 144 Å². The van der Waals surface area contributed by atoms with E-state index in [1.165, 1.54) is 36.4 Å². The average Bonchev–Trinajstić information content (AvgIpc) is 2.88. The largest absolute Gasteiger partial charge is 3.00 e. The van der Waals surface area contributed by atoms with Crippen LogP contribution in [0.4, 0.5) is 0 Å². The molecule has 1 radical (unpaired) electrons. The molecule has 6 nitrogen and oxygen atoms in total. The predicted octanol–water partition coefficient (Wildman–Crippen LogP) is 1.83. The first-order valence-electron chi connectivity index (χ1n) is 9.71. The maximum absolute atomic E-state index is 10.1. The Bertz CT molecular complexity index is 929. The summed E-state index contributed by atoms with van der Waals surface area (Å²) in [5, 5.41) is 30.3. The van der Waals surface area contributed by atoms with E-state index in [1.54, 1.807) is 54.6 Å². The van der Waals surface area contributed by atoms with Crippen molar-refractivity contribution in [2.45, 2.75) is 0 Å². The topological polar surface area (TPSA) is 120 Å². The number of hydrogen-bond acceptors (Lipinski definition) is 6. The van der Waals surface area contributed by atoms with Crippen molar-refractivity contribution in [2.24, 2.45) is 0 Å². The van der Waals surface area contributed by atoms with Crippen molar-refractivity contribution in [2.75, 3.05) is 0 Å². The van der Waals surface area contributed by atoms with Crippen LogP contribution < -0.4 is 15.3 Å². The van der Waals surface area contributed by atoms with E-state index in [4.69, 9.17) is 0 Å². The third-order valence-electron chi connectivity index (χ3n) is 3.70. The van der Waals surface area contributed by atoms with Gasteiger partial charge in [-0.15, -0.1) is 0 Å². The molecule has 0 bridgehead atoms. The molecule has 0 N–H and O–H groups in total. The molecule has 4 aromatic rings. The van der Waals surface area contributed by atoms with E-state index < -0.39 is 17.9 Å². The zero-order valence-corrected chi connectivity index (χ0v) is 19.3. The van der Waals surface area contributed by atoms with Crippen molar-refractivity contribution >= 4 is 17.9 Å². The Balaban J connectivity index is 0.000000427. The van der Waals surface area contributed by atoms with E-state index in [0.29, 0.717) is 0 Å². The summed E-state index contributed by atoms with van der Waals surface area (Å²) in [5.41, 5.74) is 0.660. The molecule has 0 aromatic heterocycles. The number of hydrogen-bond donors (Lipinski definition) is 0. The first-order valence-corrected chi connectivity index (χ1v) is 9.71. The fourth-order valence-electron chi connectivity index (χ4n) is 2.11. The molecular formula is C27H21CrO6. The van der Waals surface area contributed by atoms with Crippen LogP contribution in [0, 0.1) is 0 Å². The Morgan fingerprint density at radius 2 is 0.500 bits per heavy atom. The molecule has 0 saturated carbocycles. The van der Waals surface area contributed by atoms with Gasteiger partial charge in [0.15, 0.2) is 0 Å². The average molecular weight is 493 g/mol. The van der Waals surface area contributed by atoms with Crippen LogP contribution in [0.25, 0.3) is 0 Å². The van der Waals surface area contributed by atoms with Crippen molar-refractivity contribution in [1.82, 2.24) is 0 Å². The minimum absolute atomic E-state index is 0. The summed E-state index contributed by atoms with van der Waals surface area (Å²) < 4.78 is 0. The summed E-state index contributed by atoms with van der Waals surface area (Å²) in [6.45, 7) is 0. The minimum atomic E-state index is -1.13. The molecule has 0 amide bonds. The van der Waals surface area contributed by atoms with Crippen LogP contribution in [0.5, 0.6) is 0 Å². The van der Waals surface area contributed by atoms with Crippen molar-refractivity contribution in [1.29, 1.82) is 0 Å². The van der Waals surface area contributed by atoms with Gasteiger partial charge in [-0.2, -0.15) is 0 Å². The normalized spacial score (nSPS) is 8.47. The van der Waals surface area contributed by atoms with Gasteiger partial charge in [0, 0.05) is 0 Å². The predicted molar refractivity (Wildman–Crippen MR) is 119 cm³/mol. The van der Waals surface area contributed by atoms with Crippen molar-refractivity contribution in [3.8, 4) is 0 Å². The third kappa shape index (κ3) is 14.0. The first-order chi connectivity index (χ1) is 15.9. The van der Waals surface area contributed by atoms with Gasteiger partial charge in [-0.3, -0.25) is 0 Å². The zero-order chi connectivity index (χ0) is 24.3. The molecule has 0 spiro atoms. The van der Waals surface area contributed by atoms with Gasteiger partial charge >= 0.3 is 17.4 Å². The third-order valence-corrected chi connectivity index (χ3v) is 3.70. The SMILES string of the molecule is O=C([O-])c1ccccc1.O=C([O-])c1ccccc1.O=C([O-])c1ccccc1.[Cr+3].c1ccccc1. The van der Waals surface area contributed by atoms with E-state index in [-0.39, 0.29) is 34.1 Å². The summed E-state index contributed by atoms with van der Waals surface area (Å²) in [6.07, 6.45) is 0. The van der Waals surface area contributed by atoms with Gasteiger partial charge in [0.2, 0.25) is 0 Å². The smallest absolute Gasteiger partial charge is 0.545 e. The molecule has 0 unspecified atom stereocenters. The van der Waals surface area contributed by atoms with Crippen LogP contribution in [0.2, 0.25) is 0 Å². The number of rotatable bonds is 3. The summed E-state index contributed by atoms with van der Waals surface area (Å²) in [6, 6.07) is 36.2. The molecule has 0 fully saturated rings. The van der Waals surface area contributed by atoms with Crippen molar-refractivity contribution < 1.29 is 47.1 Å². The Labute approximate surface area is 208 Å². The second-order valence-electron chi connectivity index (χ2n) is 6.12. The maximum Gasteiger partial charge on any atom is 3.00 e. The van der Waals surface area contributed by atoms with Gasteiger partial charge in [0.05, 0.1) is 17.9 Å². The van der Waals surface area contributed by atoms with Gasteiger partial charge in [-0.25, -0.2) is 0 Å². The van der Waals surface area contributed by atoms with Crippen LogP contribution in [0.15, 0.2) is 127 Å². The van der Waals surface area contributed by atoms with Gasteiger partial charge in [-0.1, -0.05) is 127 Å². The van der Waals surface area contributed by atoms with Crippen molar-refractivity contribution in [3.63, 3.8) is 0 Å². The van der Waals surface area contributed by atoms with Crippen LogP contribution in [-0.4, -0.2) is 17.9 Å². The molecule has 0 aliphatic carbocycles. The van der Waals surface area contributed by atoms with E-state index in [1.807, 2.05) is 36.4 Å². The molecule has 4 aromatic carbocycles. The first kappa shape index (κ1) is 29.8. The Hall–Kier alpha value is -4.18. The van der Waals surface area contributed by atoms with Gasteiger partial charge in [0.1, 0.15) is 0 Å². The summed E-state index contributed by atoms with van der Waals surface area (Å²) in [7, 11) is 0. The Morgan fingerprint density at radius 1 is 0.353 bits per heavy atom. The summed E-state index contributed by atoms with van der Waals surface area (Å²) >= 11 is 0.